The number of methoxy groups -OCH3 is 1. The van der Waals surface area contributed by atoms with Crippen molar-refractivity contribution < 1.29 is 14.6 Å². The molecule has 2 N–H and O–H groups in total. The lowest BCUT2D eigenvalue weighted by molar-refractivity contribution is -0.163. The number of hydrogen-bond acceptors (Lipinski definition) is 6. The third-order valence-corrected chi connectivity index (χ3v) is 10.6. The fourth-order valence-corrected chi connectivity index (χ4v) is 8.82. The summed E-state index contributed by atoms with van der Waals surface area (Å²) in [5.74, 6) is 2.94. The Balaban J connectivity index is 1.30. The van der Waals surface area contributed by atoms with Gasteiger partial charge < -0.3 is 15.2 Å². The van der Waals surface area contributed by atoms with Crippen LogP contribution in [0.25, 0.3) is 0 Å². The second-order valence-corrected chi connectivity index (χ2v) is 12.1. The van der Waals surface area contributed by atoms with Gasteiger partial charge in [-0.05, 0) is 92.3 Å². The molecular weight excluding hydrogens is 428 g/mol. The summed E-state index contributed by atoms with van der Waals surface area (Å²) in [6.07, 6.45) is 12.3. The molecule has 4 saturated carbocycles. The number of anilines is 1. The molecule has 34 heavy (non-hydrogen) atoms. The monoisotopic (exact) mass is 466 g/mol. The Morgan fingerprint density at radius 3 is 2.62 bits per heavy atom. The highest BCUT2D eigenvalue weighted by molar-refractivity contribution is 5.92. The summed E-state index contributed by atoms with van der Waals surface area (Å²) in [6.45, 7) is 5.28. The van der Waals surface area contributed by atoms with Gasteiger partial charge in [0.15, 0.2) is 11.5 Å². The van der Waals surface area contributed by atoms with E-state index in [1.807, 2.05) is 6.07 Å². The van der Waals surface area contributed by atoms with Gasteiger partial charge in [0.25, 0.3) is 0 Å². The summed E-state index contributed by atoms with van der Waals surface area (Å²) in [6, 6.07) is 1.96. The van der Waals surface area contributed by atoms with E-state index in [1.54, 1.807) is 7.11 Å². The molecule has 0 aliphatic heterocycles. The van der Waals surface area contributed by atoms with Crippen LogP contribution in [-0.4, -0.2) is 40.3 Å². The summed E-state index contributed by atoms with van der Waals surface area (Å²) >= 11 is 0. The van der Waals surface area contributed by atoms with E-state index >= 15 is 0 Å². The highest BCUT2D eigenvalue weighted by atomic mass is 16.5. The molecule has 184 valence electrons. The number of carbonyl (C=O) groups is 1. The van der Waals surface area contributed by atoms with E-state index < -0.39 is 5.60 Å². The van der Waals surface area contributed by atoms with Crippen molar-refractivity contribution in [2.75, 3.05) is 19.0 Å². The molecule has 7 heteroatoms. The molecule has 4 aliphatic rings. The maximum Gasteiger partial charge on any atom is 0.229 e. The van der Waals surface area contributed by atoms with E-state index in [1.165, 1.54) is 31.7 Å². The number of amides is 1. The molecular formula is C27H38N4O3. The van der Waals surface area contributed by atoms with Gasteiger partial charge in [0, 0.05) is 13.0 Å². The second-order valence-electron chi connectivity index (χ2n) is 12.1. The van der Waals surface area contributed by atoms with Crippen molar-refractivity contribution in [1.29, 1.82) is 5.26 Å². The van der Waals surface area contributed by atoms with Crippen LogP contribution < -0.4 is 5.32 Å². The highest BCUT2D eigenvalue weighted by Gasteiger charge is 2.62. The van der Waals surface area contributed by atoms with Gasteiger partial charge >= 0.3 is 0 Å². The smallest absolute Gasteiger partial charge is 0.229 e. The predicted octanol–water partition coefficient (Wildman–Crippen LogP) is 4.32. The average molecular weight is 467 g/mol. The van der Waals surface area contributed by atoms with E-state index in [2.05, 4.69) is 29.1 Å². The van der Waals surface area contributed by atoms with Crippen LogP contribution in [0.5, 0.6) is 0 Å². The zero-order chi connectivity index (χ0) is 24.1. The fraction of sp³-hybridized carbons (Fsp3) is 0.778. The van der Waals surface area contributed by atoms with Gasteiger partial charge in [-0.2, -0.15) is 5.26 Å². The molecule has 4 aliphatic carbocycles. The number of nitrogens with zero attached hydrogens (tertiary/aromatic N) is 3. The van der Waals surface area contributed by atoms with Crippen LogP contribution in [0, 0.1) is 51.8 Å². The lowest BCUT2D eigenvalue weighted by Gasteiger charge is -2.62. The quantitative estimate of drug-likeness (QED) is 0.684. The third kappa shape index (κ3) is 3.74. The van der Waals surface area contributed by atoms with Crippen molar-refractivity contribution in [3.8, 4) is 6.07 Å². The molecule has 7 nitrogen and oxygen atoms in total. The summed E-state index contributed by atoms with van der Waals surface area (Å²) < 4.78 is 5.35. The molecule has 8 unspecified atom stereocenters. The molecule has 0 aromatic carbocycles. The topological polar surface area (TPSA) is 108 Å². The zero-order valence-electron chi connectivity index (χ0n) is 20.7. The Morgan fingerprint density at radius 2 is 1.91 bits per heavy atom. The molecule has 1 amide bonds. The van der Waals surface area contributed by atoms with E-state index in [4.69, 9.17) is 10.00 Å². The van der Waals surface area contributed by atoms with Crippen LogP contribution in [0.15, 0.2) is 12.4 Å². The van der Waals surface area contributed by atoms with E-state index in [-0.39, 0.29) is 28.3 Å². The van der Waals surface area contributed by atoms with Gasteiger partial charge in [-0.25, -0.2) is 9.97 Å². The summed E-state index contributed by atoms with van der Waals surface area (Å²) in [5.41, 5.74) is -0.126. The minimum absolute atomic E-state index is 0.0138. The standard InChI is InChI=1S/C27H38N4O3/c1-25-10-11-27(33,16-34-3)12-17(25)4-5-19-20-6-7-22(26(20,2)9-8-21(19)25)24(32)31-23-15-29-18(13-28)14-30-23/h14-15,17,19-22,33H,4-12,16H2,1-3H3,(H,30,31,32). The molecule has 5 rings (SSSR count). The highest BCUT2D eigenvalue weighted by Crippen LogP contribution is 2.68. The molecule has 4 fully saturated rings. The maximum atomic E-state index is 13.3. The normalized spacial score (nSPS) is 43.2. The van der Waals surface area contributed by atoms with Gasteiger partial charge in [0.2, 0.25) is 5.91 Å². The van der Waals surface area contributed by atoms with Gasteiger partial charge in [0.05, 0.1) is 24.6 Å². The van der Waals surface area contributed by atoms with Crippen LogP contribution in [0.4, 0.5) is 5.82 Å². The summed E-state index contributed by atoms with van der Waals surface area (Å²) in [4.78, 5) is 21.5. The van der Waals surface area contributed by atoms with Crippen molar-refractivity contribution in [2.24, 2.45) is 40.4 Å². The van der Waals surface area contributed by atoms with Crippen LogP contribution in [0.1, 0.15) is 77.3 Å². The second kappa shape index (κ2) is 8.57. The Hall–Kier alpha value is -2.04. The summed E-state index contributed by atoms with van der Waals surface area (Å²) in [7, 11) is 1.69. The first-order chi connectivity index (χ1) is 16.2. The lowest BCUT2D eigenvalue weighted by atomic mass is 9.44. The number of rotatable bonds is 4. The molecule has 0 spiro atoms. The van der Waals surface area contributed by atoms with Crippen molar-refractivity contribution in [1.82, 2.24) is 9.97 Å². The van der Waals surface area contributed by atoms with Crippen molar-refractivity contribution in [3.63, 3.8) is 0 Å². The number of aromatic nitrogens is 2. The van der Waals surface area contributed by atoms with Gasteiger partial charge in [0.1, 0.15) is 6.07 Å². The van der Waals surface area contributed by atoms with Crippen molar-refractivity contribution in [2.45, 2.75) is 77.2 Å². The Bertz CT molecular complexity index is 977. The molecule has 0 radical (unpaired) electrons. The molecule has 1 heterocycles. The average Bonchev–Trinajstić information content (AvgIpc) is 3.18. The summed E-state index contributed by atoms with van der Waals surface area (Å²) in [5, 5.41) is 23.0. The molecule has 0 bridgehead atoms. The Kier molecular flexibility index (Phi) is 5.97. The zero-order valence-corrected chi connectivity index (χ0v) is 20.7. The van der Waals surface area contributed by atoms with E-state index in [0.717, 1.165) is 38.5 Å². The third-order valence-electron chi connectivity index (χ3n) is 10.6. The first kappa shape index (κ1) is 23.7. The Morgan fingerprint density at radius 1 is 1.12 bits per heavy atom. The first-order valence-electron chi connectivity index (χ1n) is 13.0. The fourth-order valence-electron chi connectivity index (χ4n) is 8.82. The first-order valence-corrected chi connectivity index (χ1v) is 13.0. The predicted molar refractivity (Wildman–Crippen MR) is 127 cm³/mol. The molecule has 0 saturated heterocycles. The van der Waals surface area contributed by atoms with Gasteiger partial charge in [-0.15, -0.1) is 0 Å². The molecule has 1 aromatic rings. The number of hydrogen-bond donors (Lipinski definition) is 2. The Labute approximate surface area is 202 Å². The molecule has 1 aromatic heterocycles. The van der Waals surface area contributed by atoms with Crippen LogP contribution in [0.3, 0.4) is 0 Å². The number of nitrogens with one attached hydrogen (secondary N) is 1. The minimum Gasteiger partial charge on any atom is -0.387 e. The van der Waals surface area contributed by atoms with Crippen molar-refractivity contribution >= 4 is 11.7 Å². The number of aliphatic hydroxyl groups is 1. The number of nitriles is 1. The molecule has 8 atom stereocenters. The lowest BCUT2D eigenvalue weighted by Crippen LogP contribution is -2.57. The van der Waals surface area contributed by atoms with Crippen LogP contribution in [0.2, 0.25) is 0 Å². The van der Waals surface area contributed by atoms with Crippen molar-refractivity contribution in [3.05, 3.63) is 18.1 Å². The largest absolute Gasteiger partial charge is 0.387 e. The SMILES string of the molecule is COCC1(O)CCC2(C)C(CCC3C2CCC2(C)C(C(=O)Nc4cnc(C#N)cn4)CCC32)C1. The maximum absolute atomic E-state index is 13.3. The van der Waals surface area contributed by atoms with Gasteiger partial charge in [-0.3, -0.25) is 4.79 Å². The van der Waals surface area contributed by atoms with Crippen LogP contribution in [-0.2, 0) is 9.53 Å². The van der Waals surface area contributed by atoms with Crippen LogP contribution >= 0.6 is 0 Å². The number of carbonyl (C=O) groups excluding carboxylic acids is 1. The minimum atomic E-state index is -0.667. The van der Waals surface area contributed by atoms with Gasteiger partial charge in [-0.1, -0.05) is 13.8 Å². The van der Waals surface area contributed by atoms with E-state index in [0.29, 0.717) is 36.1 Å². The van der Waals surface area contributed by atoms with E-state index in [9.17, 15) is 9.90 Å². The number of ether oxygens (including phenoxy) is 1. The number of fused-ring (bicyclic) bond motifs is 5.